The van der Waals surface area contributed by atoms with Crippen LogP contribution in [0.2, 0.25) is 0 Å². The highest BCUT2D eigenvalue weighted by Crippen LogP contribution is 2.29. The maximum absolute atomic E-state index is 12.5. The molecule has 7 nitrogen and oxygen atoms in total. The van der Waals surface area contributed by atoms with Crippen molar-refractivity contribution in [3.63, 3.8) is 0 Å². The van der Waals surface area contributed by atoms with Gasteiger partial charge in [-0.25, -0.2) is 14.8 Å². The fourth-order valence-corrected chi connectivity index (χ4v) is 4.07. The standard InChI is InChI=1S/C26H24N6O/c1-18-15-24(31-25(28-18)19-8-6-13-27-16-19)32-14-12-22-20(17-32)7-5-11-23(22)30-26(33)29-21-9-3-2-4-10-21/h2-11,13,15-16H,12,14,17H2,1H3,(H2,29,30,33). The Kier molecular flexibility index (Phi) is 5.68. The third-order valence-corrected chi connectivity index (χ3v) is 5.63. The summed E-state index contributed by atoms with van der Waals surface area (Å²) < 4.78 is 0. The minimum Gasteiger partial charge on any atom is -0.352 e. The second-order valence-corrected chi connectivity index (χ2v) is 7.99. The lowest BCUT2D eigenvalue weighted by atomic mass is 9.97. The Hall–Kier alpha value is -4.26. The van der Waals surface area contributed by atoms with Crippen molar-refractivity contribution in [1.82, 2.24) is 15.0 Å². The molecule has 1 aliphatic rings. The van der Waals surface area contributed by atoms with Gasteiger partial charge in [-0.2, -0.15) is 0 Å². The second kappa shape index (κ2) is 9.08. The van der Waals surface area contributed by atoms with Gasteiger partial charge < -0.3 is 15.5 Å². The Bertz CT molecular complexity index is 1280. The van der Waals surface area contributed by atoms with Crippen LogP contribution in [0.1, 0.15) is 16.8 Å². The zero-order valence-corrected chi connectivity index (χ0v) is 18.3. The number of nitrogens with one attached hydrogen (secondary N) is 2. The maximum atomic E-state index is 12.5. The van der Waals surface area contributed by atoms with Gasteiger partial charge in [-0.15, -0.1) is 0 Å². The van der Waals surface area contributed by atoms with Gasteiger partial charge in [0.2, 0.25) is 0 Å². The summed E-state index contributed by atoms with van der Waals surface area (Å²) in [5.74, 6) is 1.57. The van der Waals surface area contributed by atoms with E-state index in [0.717, 1.165) is 47.0 Å². The number of nitrogens with zero attached hydrogens (tertiary/aromatic N) is 4. The number of aromatic nitrogens is 3. The van der Waals surface area contributed by atoms with Crippen LogP contribution in [0, 0.1) is 6.92 Å². The van der Waals surface area contributed by atoms with E-state index in [-0.39, 0.29) is 6.03 Å². The maximum Gasteiger partial charge on any atom is 0.323 e. The highest BCUT2D eigenvalue weighted by atomic mass is 16.2. The third kappa shape index (κ3) is 4.67. The number of fused-ring (bicyclic) bond motifs is 1. The van der Waals surface area contributed by atoms with E-state index >= 15 is 0 Å². The summed E-state index contributed by atoms with van der Waals surface area (Å²) in [7, 11) is 0. The van der Waals surface area contributed by atoms with Gasteiger partial charge in [0.15, 0.2) is 5.82 Å². The predicted molar refractivity (Wildman–Crippen MR) is 130 cm³/mol. The molecule has 2 aromatic heterocycles. The van der Waals surface area contributed by atoms with Crippen LogP contribution in [0.5, 0.6) is 0 Å². The molecular weight excluding hydrogens is 412 g/mol. The number of hydrogen-bond donors (Lipinski definition) is 2. The summed E-state index contributed by atoms with van der Waals surface area (Å²) in [4.78, 5) is 28.4. The monoisotopic (exact) mass is 436 g/mol. The van der Waals surface area contributed by atoms with Gasteiger partial charge in [-0.1, -0.05) is 30.3 Å². The van der Waals surface area contributed by atoms with E-state index in [9.17, 15) is 4.79 Å². The normalized spacial score (nSPS) is 12.7. The fraction of sp³-hybridized carbons (Fsp3) is 0.154. The van der Waals surface area contributed by atoms with Crippen LogP contribution in [0.25, 0.3) is 11.4 Å². The number of carbonyl (C=O) groups excluding carboxylic acids is 1. The number of anilines is 3. The molecule has 5 rings (SSSR count). The SMILES string of the molecule is Cc1cc(N2CCc3c(cccc3NC(=O)Nc3ccccc3)C2)nc(-c2cccnc2)n1. The van der Waals surface area contributed by atoms with Gasteiger partial charge in [0.05, 0.1) is 0 Å². The van der Waals surface area contributed by atoms with Crippen LogP contribution in [-0.4, -0.2) is 27.5 Å². The smallest absolute Gasteiger partial charge is 0.323 e. The van der Waals surface area contributed by atoms with E-state index in [0.29, 0.717) is 12.4 Å². The average molecular weight is 437 g/mol. The predicted octanol–water partition coefficient (Wildman–Crippen LogP) is 5.05. The van der Waals surface area contributed by atoms with Crippen LogP contribution in [0.3, 0.4) is 0 Å². The van der Waals surface area contributed by atoms with Gasteiger partial charge in [0.25, 0.3) is 0 Å². The van der Waals surface area contributed by atoms with Gasteiger partial charge >= 0.3 is 6.03 Å². The molecule has 2 aromatic carbocycles. The number of urea groups is 1. The molecule has 0 atom stereocenters. The van der Waals surface area contributed by atoms with Crippen LogP contribution in [0.15, 0.2) is 79.1 Å². The molecule has 0 radical (unpaired) electrons. The van der Waals surface area contributed by atoms with Crippen molar-refractivity contribution in [3.8, 4) is 11.4 Å². The number of hydrogen-bond acceptors (Lipinski definition) is 5. The largest absolute Gasteiger partial charge is 0.352 e. The van der Waals surface area contributed by atoms with Gasteiger partial charge in [-0.05, 0) is 54.8 Å². The number of amides is 2. The lowest BCUT2D eigenvalue weighted by Gasteiger charge is -2.31. The van der Waals surface area contributed by atoms with E-state index in [2.05, 4.69) is 31.6 Å². The minimum absolute atomic E-state index is 0.246. The zero-order valence-electron chi connectivity index (χ0n) is 18.3. The van der Waals surface area contributed by atoms with Crippen molar-refractivity contribution in [2.45, 2.75) is 19.9 Å². The summed E-state index contributed by atoms with van der Waals surface area (Å²) in [6.45, 7) is 3.50. The zero-order chi connectivity index (χ0) is 22.6. The number of aryl methyl sites for hydroxylation is 1. The Morgan fingerprint density at radius 2 is 1.85 bits per heavy atom. The van der Waals surface area contributed by atoms with Crippen molar-refractivity contribution in [2.75, 3.05) is 22.1 Å². The number of benzene rings is 2. The first-order valence-corrected chi connectivity index (χ1v) is 10.9. The number of rotatable bonds is 4. The number of para-hydroxylation sites is 1. The molecule has 0 spiro atoms. The van der Waals surface area contributed by atoms with E-state index in [4.69, 9.17) is 4.98 Å². The molecule has 0 unspecified atom stereocenters. The average Bonchev–Trinajstić information content (AvgIpc) is 2.84. The topological polar surface area (TPSA) is 83.0 Å². The van der Waals surface area contributed by atoms with E-state index in [1.165, 1.54) is 5.56 Å². The van der Waals surface area contributed by atoms with Crippen molar-refractivity contribution in [1.29, 1.82) is 0 Å². The first-order valence-electron chi connectivity index (χ1n) is 10.9. The third-order valence-electron chi connectivity index (χ3n) is 5.63. The first-order chi connectivity index (χ1) is 16.2. The molecule has 3 heterocycles. The summed E-state index contributed by atoms with van der Waals surface area (Å²) >= 11 is 0. The van der Waals surface area contributed by atoms with Crippen LogP contribution >= 0.6 is 0 Å². The molecule has 33 heavy (non-hydrogen) atoms. The number of carbonyl (C=O) groups is 1. The molecule has 0 aliphatic carbocycles. The summed E-state index contributed by atoms with van der Waals surface area (Å²) in [5, 5.41) is 5.89. The Labute approximate surface area is 192 Å². The molecule has 4 aromatic rings. The Morgan fingerprint density at radius 3 is 2.67 bits per heavy atom. The Balaban J connectivity index is 1.35. The molecular formula is C26H24N6O. The lowest BCUT2D eigenvalue weighted by molar-refractivity contribution is 0.262. The highest BCUT2D eigenvalue weighted by Gasteiger charge is 2.21. The van der Waals surface area contributed by atoms with Crippen molar-refractivity contribution in [3.05, 3.63) is 95.9 Å². The van der Waals surface area contributed by atoms with E-state index in [1.807, 2.05) is 67.6 Å². The molecule has 0 fully saturated rings. The van der Waals surface area contributed by atoms with Gasteiger partial charge in [-0.3, -0.25) is 4.98 Å². The van der Waals surface area contributed by atoms with Gasteiger partial charge in [0, 0.05) is 54.2 Å². The molecule has 0 bridgehead atoms. The van der Waals surface area contributed by atoms with Crippen molar-refractivity contribution >= 4 is 23.2 Å². The number of pyridine rings is 1. The first kappa shape index (κ1) is 20.6. The molecule has 0 saturated carbocycles. The van der Waals surface area contributed by atoms with Crippen LogP contribution < -0.4 is 15.5 Å². The second-order valence-electron chi connectivity index (χ2n) is 7.99. The van der Waals surface area contributed by atoms with Gasteiger partial charge in [0.1, 0.15) is 5.82 Å². The summed E-state index contributed by atoms with van der Waals surface area (Å²) in [5.41, 5.74) is 5.76. The lowest BCUT2D eigenvalue weighted by Crippen LogP contribution is -2.32. The van der Waals surface area contributed by atoms with E-state index in [1.54, 1.807) is 12.4 Å². The van der Waals surface area contributed by atoms with Crippen molar-refractivity contribution in [2.24, 2.45) is 0 Å². The molecule has 7 heteroatoms. The molecule has 0 saturated heterocycles. The van der Waals surface area contributed by atoms with E-state index < -0.39 is 0 Å². The molecule has 1 aliphatic heterocycles. The Morgan fingerprint density at radius 1 is 0.970 bits per heavy atom. The summed E-state index contributed by atoms with van der Waals surface area (Å²) in [6.07, 6.45) is 4.33. The highest BCUT2D eigenvalue weighted by molar-refractivity contribution is 6.00. The molecule has 164 valence electrons. The van der Waals surface area contributed by atoms with Crippen molar-refractivity contribution < 1.29 is 4.79 Å². The van der Waals surface area contributed by atoms with Crippen LogP contribution in [-0.2, 0) is 13.0 Å². The minimum atomic E-state index is -0.246. The quantitative estimate of drug-likeness (QED) is 0.468. The molecule has 2 amide bonds. The fourth-order valence-electron chi connectivity index (χ4n) is 4.07. The van der Waals surface area contributed by atoms with Crippen LogP contribution in [0.4, 0.5) is 22.0 Å². The molecule has 2 N–H and O–H groups in total. The summed E-state index contributed by atoms with van der Waals surface area (Å²) in [6, 6.07) is 21.1.